The van der Waals surface area contributed by atoms with Gasteiger partial charge in [-0.15, -0.1) is 0 Å². The maximum absolute atomic E-state index is 14.8. The largest absolute Gasteiger partial charge is 0.492 e. The molecule has 14 heteroatoms. The summed E-state index contributed by atoms with van der Waals surface area (Å²) in [5, 5.41) is 12.1. The van der Waals surface area contributed by atoms with Crippen molar-refractivity contribution in [3.05, 3.63) is 101 Å². The van der Waals surface area contributed by atoms with E-state index >= 15 is 0 Å². The molecule has 344 valence electrons. The monoisotopic (exact) mass is 885 g/mol. The average Bonchev–Trinajstić information content (AvgIpc) is 3.28. The Labute approximate surface area is 382 Å². The van der Waals surface area contributed by atoms with Crippen molar-refractivity contribution < 1.29 is 33.4 Å². The third-order valence-electron chi connectivity index (χ3n) is 11.8. The first-order valence-electron chi connectivity index (χ1n) is 22.2. The van der Waals surface area contributed by atoms with Crippen LogP contribution in [0, 0.1) is 30.1 Å². The fourth-order valence-corrected chi connectivity index (χ4v) is 8.12. The van der Waals surface area contributed by atoms with Crippen molar-refractivity contribution in [2.45, 2.75) is 90.6 Å². The lowest BCUT2D eigenvalue weighted by atomic mass is 9.86. The first kappa shape index (κ1) is 49.7. The molecular formula is C51H63N7O7. The zero-order chi connectivity index (χ0) is 47.4. The molecule has 4 aromatic rings. The van der Waals surface area contributed by atoms with E-state index in [-0.39, 0.29) is 88.4 Å². The van der Waals surface area contributed by atoms with Gasteiger partial charge in [0.05, 0.1) is 17.8 Å². The summed E-state index contributed by atoms with van der Waals surface area (Å²) < 4.78 is 12.3. The van der Waals surface area contributed by atoms with E-state index in [9.17, 15) is 29.2 Å². The molecule has 14 nitrogen and oxygen atoms in total. The molecule has 7 N–H and O–H groups in total. The number of ether oxygens (including phenoxy) is 2. The van der Waals surface area contributed by atoms with Gasteiger partial charge < -0.3 is 36.9 Å². The summed E-state index contributed by atoms with van der Waals surface area (Å²) in [5.41, 5.74) is 23.9. The Morgan fingerprint density at radius 3 is 2.15 bits per heavy atom. The number of nitrogens with two attached hydrogens (primary N) is 3. The second kappa shape index (κ2) is 22.6. The highest BCUT2D eigenvalue weighted by molar-refractivity contribution is 6.01. The Bertz CT molecular complexity index is 2400. The van der Waals surface area contributed by atoms with Crippen molar-refractivity contribution in [2.24, 2.45) is 29.0 Å². The number of nitriles is 1. The molecule has 0 aliphatic carbocycles. The summed E-state index contributed by atoms with van der Waals surface area (Å²) in [7, 11) is 1.51. The summed E-state index contributed by atoms with van der Waals surface area (Å²) in [6.45, 7) is 10.8. The van der Waals surface area contributed by atoms with Gasteiger partial charge in [-0.25, -0.2) is 0 Å². The van der Waals surface area contributed by atoms with Crippen LogP contribution in [0.25, 0.3) is 22.4 Å². The zero-order valence-corrected chi connectivity index (χ0v) is 38.4. The van der Waals surface area contributed by atoms with Crippen LogP contribution in [0.4, 0.5) is 0 Å². The molecule has 0 unspecified atom stereocenters. The van der Waals surface area contributed by atoms with E-state index in [4.69, 9.17) is 26.7 Å². The number of aromatic nitrogens is 1. The number of benzene rings is 3. The first-order valence-corrected chi connectivity index (χ1v) is 22.2. The summed E-state index contributed by atoms with van der Waals surface area (Å²) in [6.07, 6.45) is 1.23. The van der Waals surface area contributed by atoms with Gasteiger partial charge in [0.1, 0.15) is 30.8 Å². The van der Waals surface area contributed by atoms with Gasteiger partial charge >= 0.3 is 0 Å². The SMILES string of the molecule is Cc1cc(-c2ccc(C(C)(C)C)cc2)ncc1C(=O)C[C@@H](CCN)C(=O)N(C)[C@@H]1C(=O)C[C@@H](C)C(=O)N[C@H](C(=O)CCC#N)Cc2ccc(OCCN)c(c2)-c2cc1ccc2OCCN. The third-order valence-corrected chi connectivity index (χ3v) is 11.8. The predicted molar refractivity (Wildman–Crippen MR) is 250 cm³/mol. The molecule has 0 saturated carbocycles. The molecule has 0 fully saturated rings. The van der Waals surface area contributed by atoms with Gasteiger partial charge in [-0.1, -0.05) is 64.1 Å². The van der Waals surface area contributed by atoms with Crippen LogP contribution in [-0.2, 0) is 31.0 Å². The maximum atomic E-state index is 14.8. The molecular weight excluding hydrogens is 823 g/mol. The minimum atomic E-state index is -1.23. The summed E-state index contributed by atoms with van der Waals surface area (Å²) in [4.78, 5) is 76.8. The molecule has 0 radical (unpaired) electrons. The van der Waals surface area contributed by atoms with Crippen LogP contribution in [0.1, 0.15) is 98.5 Å². The third kappa shape index (κ3) is 12.5. The number of likely N-dealkylation sites (N-methyl/N-ethyl adjacent to an activating group) is 1. The minimum Gasteiger partial charge on any atom is -0.492 e. The van der Waals surface area contributed by atoms with E-state index in [1.807, 2.05) is 37.3 Å². The number of carbonyl (C=O) groups excluding carboxylic acids is 5. The minimum absolute atomic E-state index is 0.00598. The molecule has 1 aliphatic rings. The lowest BCUT2D eigenvalue weighted by Crippen LogP contribution is -2.46. The number of aryl methyl sites for hydroxylation is 1. The molecule has 4 bridgehead atoms. The number of nitrogens with zero attached hydrogens (tertiary/aromatic N) is 3. The molecule has 1 aromatic heterocycles. The number of amides is 2. The molecule has 4 atom stereocenters. The molecule has 2 amide bonds. The van der Waals surface area contributed by atoms with E-state index < -0.39 is 41.5 Å². The van der Waals surface area contributed by atoms with Gasteiger partial charge in [0.2, 0.25) is 11.8 Å². The normalized spacial score (nSPS) is 17.0. The van der Waals surface area contributed by atoms with Gasteiger partial charge in [0.15, 0.2) is 17.3 Å². The van der Waals surface area contributed by atoms with Crippen molar-refractivity contribution >= 4 is 29.2 Å². The zero-order valence-electron chi connectivity index (χ0n) is 38.4. The van der Waals surface area contributed by atoms with Crippen LogP contribution in [0.15, 0.2) is 72.9 Å². The number of pyridine rings is 1. The number of hydrogen-bond donors (Lipinski definition) is 4. The highest BCUT2D eigenvalue weighted by atomic mass is 16.5. The number of Topliss-reactive ketones (excluding diaryl/α,β-unsaturated/α-hetero) is 3. The second-order valence-corrected chi connectivity index (χ2v) is 17.8. The molecule has 2 heterocycles. The highest BCUT2D eigenvalue weighted by Crippen LogP contribution is 2.41. The fraction of sp³-hybridized carbons (Fsp3) is 0.431. The second-order valence-electron chi connectivity index (χ2n) is 17.8. The van der Waals surface area contributed by atoms with Crippen molar-refractivity contribution in [3.63, 3.8) is 0 Å². The number of nitrogens with one attached hydrogen (secondary N) is 1. The number of hydrogen-bond acceptors (Lipinski definition) is 12. The number of fused-ring (bicyclic) bond motifs is 5. The number of rotatable bonds is 17. The molecule has 3 aromatic carbocycles. The van der Waals surface area contributed by atoms with Gasteiger partial charge in [-0.3, -0.25) is 29.0 Å². The van der Waals surface area contributed by atoms with E-state index in [2.05, 4.69) is 43.2 Å². The van der Waals surface area contributed by atoms with Crippen molar-refractivity contribution in [2.75, 3.05) is 39.9 Å². The van der Waals surface area contributed by atoms with Crippen LogP contribution < -0.4 is 32.0 Å². The van der Waals surface area contributed by atoms with Crippen molar-refractivity contribution in [1.29, 1.82) is 5.26 Å². The summed E-state index contributed by atoms with van der Waals surface area (Å²) in [6, 6.07) is 20.3. The van der Waals surface area contributed by atoms with Gasteiger partial charge in [-0.2, -0.15) is 5.26 Å². The standard InChI is InChI=1S/C51H63N7O7/c1-31-24-41(34-10-13-37(14-11-34)51(3,4)5)56-30-40(31)44(60)29-36(17-19-53)50(63)58(6)48-35-12-16-47(65-23-21-55)39(28-35)38-26-33(9-15-46(38)64-22-20-54)27-42(43(59)8-7-18-52)57-49(62)32(2)25-45(48)61/h9-16,24,26,28,30,32,36,42,48H,7-8,17,19-23,25,27,29,53-55H2,1-6H3,(H,57,62)/t32-,36-,42+,48+/m1/s1. The molecule has 5 rings (SSSR count). The first-order chi connectivity index (χ1) is 31.0. The number of carbonyl (C=O) groups is 5. The van der Waals surface area contributed by atoms with Crippen molar-refractivity contribution in [1.82, 2.24) is 15.2 Å². The van der Waals surface area contributed by atoms with E-state index in [1.165, 1.54) is 17.5 Å². The quantitative estimate of drug-likeness (QED) is 0.0902. The van der Waals surface area contributed by atoms with Gasteiger partial charge in [0.25, 0.3) is 0 Å². The van der Waals surface area contributed by atoms with Gasteiger partial charge in [-0.05, 0) is 84.3 Å². The maximum Gasteiger partial charge on any atom is 0.226 e. The van der Waals surface area contributed by atoms with E-state index in [0.29, 0.717) is 50.6 Å². The van der Waals surface area contributed by atoms with Gasteiger partial charge in [0, 0.05) is 86.1 Å². The lowest BCUT2D eigenvalue weighted by molar-refractivity contribution is -0.142. The topological polar surface area (TPSA) is 234 Å². The average molecular weight is 886 g/mol. The Kier molecular flexibility index (Phi) is 17.3. The lowest BCUT2D eigenvalue weighted by Gasteiger charge is -2.32. The fourth-order valence-electron chi connectivity index (χ4n) is 8.12. The smallest absolute Gasteiger partial charge is 0.226 e. The summed E-state index contributed by atoms with van der Waals surface area (Å²) >= 11 is 0. The van der Waals surface area contributed by atoms with Crippen LogP contribution in [0.3, 0.4) is 0 Å². The Hall–Kier alpha value is -6.27. The van der Waals surface area contributed by atoms with E-state index in [0.717, 1.165) is 5.56 Å². The molecule has 1 aliphatic heterocycles. The number of ketones is 3. The Balaban J connectivity index is 1.55. The summed E-state index contributed by atoms with van der Waals surface area (Å²) in [5.74, 6) is -3.03. The van der Waals surface area contributed by atoms with E-state index in [1.54, 1.807) is 43.5 Å². The van der Waals surface area contributed by atoms with Crippen molar-refractivity contribution in [3.8, 4) is 40.0 Å². The molecule has 0 spiro atoms. The Morgan fingerprint density at radius 2 is 1.55 bits per heavy atom. The predicted octanol–water partition coefficient (Wildman–Crippen LogP) is 5.94. The molecule has 0 saturated heterocycles. The Morgan fingerprint density at radius 1 is 0.908 bits per heavy atom. The highest BCUT2D eigenvalue weighted by Gasteiger charge is 2.36. The van der Waals surface area contributed by atoms with Crippen LogP contribution in [-0.4, -0.2) is 85.0 Å². The molecule has 65 heavy (non-hydrogen) atoms. The van der Waals surface area contributed by atoms with Crippen LogP contribution in [0.2, 0.25) is 0 Å². The van der Waals surface area contributed by atoms with Crippen LogP contribution in [0.5, 0.6) is 11.5 Å². The van der Waals surface area contributed by atoms with Crippen LogP contribution >= 0.6 is 0 Å².